The summed E-state index contributed by atoms with van der Waals surface area (Å²) in [5, 5.41) is 12.2. The van der Waals surface area contributed by atoms with E-state index in [1.54, 1.807) is 0 Å². The Labute approximate surface area is 136 Å². The van der Waals surface area contributed by atoms with Crippen LogP contribution < -0.4 is 4.90 Å². The summed E-state index contributed by atoms with van der Waals surface area (Å²) in [6.45, 7) is 3.93. The molecule has 1 aromatic heterocycles. The van der Waals surface area contributed by atoms with E-state index < -0.39 is 0 Å². The second kappa shape index (κ2) is 6.18. The topological polar surface area (TPSA) is 68.5 Å². The molecule has 0 aliphatic carbocycles. The van der Waals surface area contributed by atoms with Gasteiger partial charge in [0.15, 0.2) is 0 Å². The molecule has 22 heavy (non-hydrogen) atoms. The van der Waals surface area contributed by atoms with Gasteiger partial charge in [0.1, 0.15) is 11.9 Å². The van der Waals surface area contributed by atoms with Crippen LogP contribution in [-0.2, 0) is 4.74 Å². The molecule has 1 aliphatic heterocycles. The van der Waals surface area contributed by atoms with E-state index in [-0.39, 0.29) is 16.7 Å². The van der Waals surface area contributed by atoms with Crippen LogP contribution >= 0.6 is 15.9 Å². The molecular weight excluding hydrogens is 350 g/mol. The lowest BCUT2D eigenvalue weighted by atomic mass is 10.1. The molecule has 0 spiro atoms. The number of hydrogen-bond donors (Lipinski definition) is 0. The van der Waals surface area contributed by atoms with Gasteiger partial charge in [0.25, 0.3) is 0 Å². The molecule has 0 radical (unpaired) electrons. The molecule has 0 amide bonds. The molecule has 0 N–H and O–H groups in total. The molecule has 6 nitrogen and oxygen atoms in total. The summed E-state index contributed by atoms with van der Waals surface area (Å²) in [5.74, 6) is 0. The molecule has 3 rings (SSSR count). The minimum Gasteiger partial charge on any atom is -0.375 e. The first kappa shape index (κ1) is 15.2. The van der Waals surface area contributed by atoms with Crippen molar-refractivity contribution in [2.75, 3.05) is 24.6 Å². The van der Waals surface area contributed by atoms with Crippen molar-refractivity contribution in [2.45, 2.75) is 19.4 Å². The Balaban J connectivity index is 2.17. The van der Waals surface area contributed by atoms with Gasteiger partial charge in [0.2, 0.25) is 0 Å². The third-order valence-corrected chi connectivity index (χ3v) is 4.38. The summed E-state index contributed by atoms with van der Waals surface area (Å²) in [6, 6.07) is 5.64. The highest BCUT2D eigenvalue weighted by molar-refractivity contribution is 9.10. The maximum atomic E-state index is 11.4. The van der Waals surface area contributed by atoms with Crippen LogP contribution in [0.4, 0.5) is 11.4 Å². The van der Waals surface area contributed by atoms with Crippen LogP contribution in [-0.4, -0.2) is 35.7 Å². The molecule has 0 bridgehead atoms. The second-order valence-corrected chi connectivity index (χ2v) is 6.17. The number of nitro groups is 1. The van der Waals surface area contributed by atoms with Gasteiger partial charge in [-0.25, -0.2) is 4.98 Å². The van der Waals surface area contributed by atoms with Gasteiger partial charge in [0.05, 0.1) is 23.2 Å². The van der Waals surface area contributed by atoms with Gasteiger partial charge in [-0.3, -0.25) is 10.1 Å². The molecule has 1 atom stereocenters. The minimum absolute atomic E-state index is 0.0438. The normalized spacial score (nSPS) is 18.6. The van der Waals surface area contributed by atoms with Crippen molar-refractivity contribution in [1.29, 1.82) is 0 Å². The molecule has 1 fully saturated rings. The molecule has 2 heterocycles. The zero-order chi connectivity index (χ0) is 15.7. The number of ether oxygens (including phenoxy) is 1. The molecule has 1 aromatic carbocycles. The van der Waals surface area contributed by atoms with E-state index >= 15 is 0 Å². The van der Waals surface area contributed by atoms with Gasteiger partial charge in [-0.1, -0.05) is 22.9 Å². The number of benzene rings is 1. The number of rotatable bonds is 3. The fraction of sp³-hybridized carbons (Fsp3) is 0.400. The predicted octanol–water partition coefficient (Wildman–Crippen LogP) is 3.52. The van der Waals surface area contributed by atoms with Crippen molar-refractivity contribution in [2.24, 2.45) is 0 Å². The van der Waals surface area contributed by atoms with Crippen LogP contribution in [0, 0.1) is 10.1 Å². The lowest BCUT2D eigenvalue weighted by Gasteiger charge is -2.34. The van der Waals surface area contributed by atoms with Crippen LogP contribution in [0.3, 0.4) is 0 Å². The van der Waals surface area contributed by atoms with Crippen molar-refractivity contribution in [3.8, 4) is 0 Å². The first-order valence-electron chi connectivity index (χ1n) is 7.19. The summed E-state index contributed by atoms with van der Waals surface area (Å²) >= 11 is 3.44. The Hall–Kier alpha value is -1.73. The van der Waals surface area contributed by atoms with Crippen LogP contribution in [0.15, 0.2) is 28.9 Å². The predicted molar refractivity (Wildman–Crippen MR) is 88.3 cm³/mol. The Morgan fingerprint density at radius 3 is 3.09 bits per heavy atom. The third-order valence-electron chi connectivity index (χ3n) is 3.89. The first-order valence-corrected chi connectivity index (χ1v) is 7.98. The van der Waals surface area contributed by atoms with Gasteiger partial charge in [-0.15, -0.1) is 0 Å². The van der Waals surface area contributed by atoms with Crippen LogP contribution in [0.2, 0.25) is 0 Å². The van der Waals surface area contributed by atoms with Gasteiger partial charge in [-0.05, 0) is 24.6 Å². The average molecular weight is 366 g/mol. The van der Waals surface area contributed by atoms with E-state index in [4.69, 9.17) is 4.74 Å². The largest absolute Gasteiger partial charge is 0.375 e. The smallest absolute Gasteiger partial charge is 0.311 e. The zero-order valence-corrected chi connectivity index (χ0v) is 13.7. The number of halogens is 1. The summed E-state index contributed by atoms with van der Waals surface area (Å²) in [6.07, 6.45) is 2.34. The highest BCUT2D eigenvalue weighted by Crippen LogP contribution is 2.37. The van der Waals surface area contributed by atoms with Crippen molar-refractivity contribution >= 4 is 38.2 Å². The van der Waals surface area contributed by atoms with Gasteiger partial charge >= 0.3 is 5.69 Å². The Morgan fingerprint density at radius 1 is 1.55 bits per heavy atom. The van der Waals surface area contributed by atoms with Crippen LogP contribution in [0.5, 0.6) is 0 Å². The Bertz CT molecular complexity index is 722. The number of aromatic nitrogens is 1. The number of nitrogens with zero attached hydrogens (tertiary/aromatic N) is 3. The summed E-state index contributed by atoms with van der Waals surface area (Å²) in [5.41, 5.74) is 1.43. The standard InChI is InChI=1S/C15H16BrN3O3/c1-2-11-9-18(5-6-22-11)15-12-7-10(16)3-4-13(12)17-8-14(15)19(20)21/h3-4,7-8,11H,2,5-6,9H2,1H3. The molecule has 2 aromatic rings. The molecular formula is C15H16BrN3O3. The fourth-order valence-electron chi connectivity index (χ4n) is 2.78. The number of anilines is 1. The number of morpholine rings is 1. The molecule has 1 unspecified atom stereocenters. The monoisotopic (exact) mass is 365 g/mol. The fourth-order valence-corrected chi connectivity index (χ4v) is 3.14. The van der Waals surface area contributed by atoms with Crippen LogP contribution in [0.1, 0.15) is 13.3 Å². The maximum absolute atomic E-state index is 11.4. The highest BCUT2D eigenvalue weighted by atomic mass is 79.9. The maximum Gasteiger partial charge on any atom is 0.311 e. The molecule has 1 saturated heterocycles. The molecule has 1 aliphatic rings. The molecule has 116 valence electrons. The Morgan fingerprint density at radius 2 is 2.36 bits per heavy atom. The summed E-state index contributed by atoms with van der Waals surface area (Å²) in [7, 11) is 0. The molecule has 0 saturated carbocycles. The van der Waals surface area contributed by atoms with Crippen molar-refractivity contribution < 1.29 is 9.66 Å². The minimum atomic E-state index is -0.362. The highest BCUT2D eigenvalue weighted by Gasteiger charge is 2.27. The van der Waals surface area contributed by atoms with Gasteiger partial charge in [0, 0.05) is 22.9 Å². The lowest BCUT2D eigenvalue weighted by molar-refractivity contribution is -0.384. The molecule has 7 heteroatoms. The van der Waals surface area contributed by atoms with E-state index in [1.165, 1.54) is 6.20 Å². The van der Waals surface area contributed by atoms with E-state index in [2.05, 4.69) is 27.8 Å². The average Bonchev–Trinajstić information content (AvgIpc) is 2.53. The zero-order valence-electron chi connectivity index (χ0n) is 12.2. The van der Waals surface area contributed by atoms with Crippen LogP contribution in [0.25, 0.3) is 10.9 Å². The van der Waals surface area contributed by atoms with Crippen molar-refractivity contribution in [3.63, 3.8) is 0 Å². The van der Waals surface area contributed by atoms with Gasteiger partial charge in [-0.2, -0.15) is 0 Å². The van der Waals surface area contributed by atoms with Crippen molar-refractivity contribution in [1.82, 2.24) is 4.98 Å². The van der Waals surface area contributed by atoms with E-state index in [9.17, 15) is 10.1 Å². The summed E-state index contributed by atoms with van der Waals surface area (Å²) in [4.78, 5) is 17.3. The van der Waals surface area contributed by atoms with Crippen molar-refractivity contribution in [3.05, 3.63) is 39.0 Å². The number of pyridine rings is 1. The quantitative estimate of drug-likeness (QED) is 0.614. The lowest BCUT2D eigenvalue weighted by Crippen LogP contribution is -2.42. The van der Waals surface area contributed by atoms with Gasteiger partial charge < -0.3 is 9.64 Å². The van der Waals surface area contributed by atoms with E-state index in [1.807, 2.05) is 23.1 Å². The second-order valence-electron chi connectivity index (χ2n) is 5.26. The Kier molecular flexibility index (Phi) is 4.26. The third kappa shape index (κ3) is 2.78. The van der Waals surface area contributed by atoms with E-state index in [0.29, 0.717) is 25.4 Å². The first-order chi connectivity index (χ1) is 10.6. The van der Waals surface area contributed by atoms with E-state index in [0.717, 1.165) is 21.8 Å². The number of hydrogen-bond acceptors (Lipinski definition) is 5. The SMILES string of the molecule is CCC1CN(c2c([N+](=O)[O-])cnc3ccc(Br)cc23)CCO1. The summed E-state index contributed by atoms with van der Waals surface area (Å²) < 4.78 is 6.56. The number of fused-ring (bicyclic) bond motifs is 1.